The minimum absolute atomic E-state index is 0.170. The Labute approximate surface area is 124 Å². The van der Waals surface area contributed by atoms with Crippen molar-refractivity contribution in [3.8, 4) is 0 Å². The molecule has 0 saturated heterocycles. The summed E-state index contributed by atoms with van der Waals surface area (Å²) < 4.78 is 1.70. The normalized spacial score (nSPS) is 10.4. The predicted octanol–water partition coefficient (Wildman–Crippen LogP) is 0.278. The second kappa shape index (κ2) is 6.31. The van der Waals surface area contributed by atoms with Gasteiger partial charge < -0.3 is 20.3 Å². The van der Waals surface area contributed by atoms with Gasteiger partial charge >= 0.3 is 12.0 Å². The standard InChI is InChI=1S/C11H14N6O3S/c1-6-9(10(18)19)21-8(15-6)4-13-11(20)12-3-7-16-14-5-17(7)2/h5H,3-4H2,1-2H3,(H,18,19)(H2,12,13,20). The van der Waals surface area contributed by atoms with Crippen molar-refractivity contribution >= 4 is 23.3 Å². The van der Waals surface area contributed by atoms with E-state index in [2.05, 4.69) is 25.8 Å². The van der Waals surface area contributed by atoms with Crippen molar-refractivity contribution in [2.45, 2.75) is 20.0 Å². The molecule has 10 heteroatoms. The van der Waals surface area contributed by atoms with E-state index in [0.717, 1.165) is 11.3 Å². The molecule has 3 N–H and O–H groups in total. The third-order valence-corrected chi connectivity index (χ3v) is 3.79. The van der Waals surface area contributed by atoms with Gasteiger partial charge in [0.05, 0.1) is 18.8 Å². The first-order valence-electron chi connectivity index (χ1n) is 6.01. The lowest BCUT2D eigenvalue weighted by molar-refractivity contribution is 0.0701. The van der Waals surface area contributed by atoms with E-state index < -0.39 is 5.97 Å². The number of carboxylic acid groups (broad SMARTS) is 1. The Kier molecular flexibility index (Phi) is 4.48. The van der Waals surface area contributed by atoms with E-state index in [0.29, 0.717) is 16.5 Å². The van der Waals surface area contributed by atoms with Crippen LogP contribution in [0.4, 0.5) is 4.79 Å². The highest BCUT2D eigenvalue weighted by molar-refractivity contribution is 7.13. The first-order chi connectivity index (χ1) is 9.97. The van der Waals surface area contributed by atoms with Crippen LogP contribution in [0.5, 0.6) is 0 Å². The van der Waals surface area contributed by atoms with Crippen LogP contribution in [0.1, 0.15) is 26.2 Å². The maximum atomic E-state index is 11.6. The van der Waals surface area contributed by atoms with Crippen molar-refractivity contribution in [3.05, 3.63) is 27.7 Å². The van der Waals surface area contributed by atoms with Gasteiger partial charge in [-0.15, -0.1) is 21.5 Å². The molecular formula is C11H14N6O3S. The van der Waals surface area contributed by atoms with E-state index in [4.69, 9.17) is 5.11 Å². The summed E-state index contributed by atoms with van der Waals surface area (Å²) in [6, 6.07) is -0.386. The zero-order valence-electron chi connectivity index (χ0n) is 11.5. The number of aromatic carboxylic acids is 1. The first kappa shape index (κ1) is 14.9. The van der Waals surface area contributed by atoms with Crippen LogP contribution in [0.3, 0.4) is 0 Å². The van der Waals surface area contributed by atoms with Gasteiger partial charge in [0.15, 0.2) is 5.82 Å². The van der Waals surface area contributed by atoms with Gasteiger partial charge in [0, 0.05) is 7.05 Å². The number of nitrogens with zero attached hydrogens (tertiary/aromatic N) is 4. The molecule has 0 aromatic carbocycles. The van der Waals surface area contributed by atoms with Crippen LogP contribution in [0.15, 0.2) is 6.33 Å². The lowest BCUT2D eigenvalue weighted by Crippen LogP contribution is -2.35. The summed E-state index contributed by atoms with van der Waals surface area (Å²) in [5.41, 5.74) is 0.448. The molecule has 0 bridgehead atoms. The number of carboxylic acids is 1. The highest BCUT2D eigenvalue weighted by Gasteiger charge is 2.14. The van der Waals surface area contributed by atoms with Gasteiger partial charge in [-0.25, -0.2) is 14.6 Å². The van der Waals surface area contributed by atoms with Crippen molar-refractivity contribution in [3.63, 3.8) is 0 Å². The van der Waals surface area contributed by atoms with Crippen molar-refractivity contribution in [1.29, 1.82) is 0 Å². The average Bonchev–Trinajstić information content (AvgIpc) is 3.00. The van der Waals surface area contributed by atoms with Gasteiger partial charge in [0.25, 0.3) is 0 Å². The summed E-state index contributed by atoms with van der Waals surface area (Å²) in [5, 5.41) is 22.2. The van der Waals surface area contributed by atoms with Crippen LogP contribution >= 0.6 is 11.3 Å². The molecule has 2 heterocycles. The number of carbonyl (C=O) groups is 2. The number of thiazole rings is 1. The number of aromatic nitrogens is 4. The van der Waals surface area contributed by atoms with Crippen LogP contribution < -0.4 is 10.6 Å². The Hall–Kier alpha value is -2.49. The van der Waals surface area contributed by atoms with Crippen LogP contribution in [-0.2, 0) is 20.1 Å². The number of nitrogens with one attached hydrogen (secondary N) is 2. The van der Waals surface area contributed by atoms with E-state index in [-0.39, 0.29) is 24.0 Å². The molecule has 2 amide bonds. The number of hydrogen-bond acceptors (Lipinski definition) is 6. The zero-order valence-corrected chi connectivity index (χ0v) is 12.3. The summed E-state index contributed by atoms with van der Waals surface area (Å²) in [5.74, 6) is -0.383. The monoisotopic (exact) mass is 310 g/mol. The number of aryl methyl sites for hydroxylation is 2. The molecule has 0 saturated carbocycles. The van der Waals surface area contributed by atoms with Gasteiger partial charge in [-0.1, -0.05) is 0 Å². The summed E-state index contributed by atoms with van der Waals surface area (Å²) in [7, 11) is 1.78. The number of urea groups is 1. The van der Waals surface area contributed by atoms with Gasteiger partial charge in [-0.05, 0) is 6.92 Å². The second-order valence-electron chi connectivity index (χ2n) is 4.22. The molecule has 21 heavy (non-hydrogen) atoms. The fourth-order valence-corrected chi connectivity index (χ4v) is 2.41. The van der Waals surface area contributed by atoms with E-state index >= 15 is 0 Å². The van der Waals surface area contributed by atoms with E-state index in [9.17, 15) is 9.59 Å². The largest absolute Gasteiger partial charge is 0.477 e. The topological polar surface area (TPSA) is 122 Å². The Bertz CT molecular complexity index is 665. The summed E-state index contributed by atoms with van der Waals surface area (Å²) >= 11 is 1.05. The van der Waals surface area contributed by atoms with Gasteiger partial charge in [-0.3, -0.25) is 0 Å². The van der Waals surface area contributed by atoms with Crippen LogP contribution in [-0.4, -0.2) is 36.9 Å². The van der Waals surface area contributed by atoms with Crippen molar-refractivity contribution < 1.29 is 14.7 Å². The SMILES string of the molecule is Cc1nc(CNC(=O)NCc2nncn2C)sc1C(=O)O. The average molecular weight is 310 g/mol. The van der Waals surface area contributed by atoms with Crippen LogP contribution in [0.25, 0.3) is 0 Å². The molecule has 0 radical (unpaired) electrons. The Balaban J connectivity index is 1.82. The number of carbonyl (C=O) groups excluding carboxylic acids is 1. The molecule has 0 fully saturated rings. The van der Waals surface area contributed by atoms with E-state index in [1.54, 1.807) is 24.9 Å². The highest BCUT2D eigenvalue weighted by Crippen LogP contribution is 2.17. The molecule has 0 atom stereocenters. The van der Waals surface area contributed by atoms with Crippen LogP contribution in [0.2, 0.25) is 0 Å². The molecule has 0 aliphatic heterocycles. The smallest absolute Gasteiger partial charge is 0.347 e. The molecule has 112 valence electrons. The molecule has 2 aromatic rings. The molecule has 0 spiro atoms. The Morgan fingerprint density at radius 2 is 2.10 bits per heavy atom. The maximum absolute atomic E-state index is 11.6. The Morgan fingerprint density at radius 1 is 1.38 bits per heavy atom. The van der Waals surface area contributed by atoms with Gasteiger partial charge in [-0.2, -0.15) is 0 Å². The zero-order chi connectivity index (χ0) is 15.4. The summed E-state index contributed by atoms with van der Waals surface area (Å²) in [6.07, 6.45) is 1.54. The molecule has 9 nitrogen and oxygen atoms in total. The Morgan fingerprint density at radius 3 is 2.67 bits per heavy atom. The van der Waals surface area contributed by atoms with Crippen molar-refractivity contribution in [2.24, 2.45) is 7.05 Å². The van der Waals surface area contributed by atoms with E-state index in [1.807, 2.05) is 0 Å². The van der Waals surface area contributed by atoms with E-state index in [1.165, 1.54) is 0 Å². The first-order valence-corrected chi connectivity index (χ1v) is 6.83. The molecule has 0 aliphatic carbocycles. The van der Waals surface area contributed by atoms with Crippen molar-refractivity contribution in [1.82, 2.24) is 30.4 Å². The highest BCUT2D eigenvalue weighted by atomic mass is 32.1. The molecule has 0 aliphatic rings. The third kappa shape index (κ3) is 3.75. The number of rotatable bonds is 5. The molecule has 0 unspecified atom stereocenters. The molecule has 2 rings (SSSR count). The molecular weight excluding hydrogens is 296 g/mol. The predicted molar refractivity (Wildman–Crippen MR) is 73.9 cm³/mol. The number of hydrogen-bond donors (Lipinski definition) is 3. The molecule has 2 aromatic heterocycles. The lowest BCUT2D eigenvalue weighted by Gasteiger charge is -2.05. The van der Waals surface area contributed by atoms with Gasteiger partial charge in [0.2, 0.25) is 0 Å². The third-order valence-electron chi connectivity index (χ3n) is 2.65. The van der Waals surface area contributed by atoms with Crippen LogP contribution in [0, 0.1) is 6.92 Å². The minimum Gasteiger partial charge on any atom is -0.477 e. The fraction of sp³-hybridized carbons (Fsp3) is 0.364. The number of amides is 2. The summed E-state index contributed by atoms with van der Waals surface area (Å²) in [4.78, 5) is 26.8. The summed E-state index contributed by atoms with van der Waals surface area (Å²) in [6.45, 7) is 2.04. The minimum atomic E-state index is -1.01. The van der Waals surface area contributed by atoms with Crippen molar-refractivity contribution in [2.75, 3.05) is 0 Å². The van der Waals surface area contributed by atoms with Gasteiger partial charge in [0.1, 0.15) is 16.2 Å². The second-order valence-corrected chi connectivity index (χ2v) is 5.31. The lowest BCUT2D eigenvalue weighted by atomic mass is 10.4. The maximum Gasteiger partial charge on any atom is 0.347 e. The quantitative estimate of drug-likeness (QED) is 0.729. The fourth-order valence-electron chi connectivity index (χ4n) is 1.57.